The molecule has 3 aromatic rings. The first-order valence-electron chi connectivity index (χ1n) is 11.5. The minimum Gasteiger partial charge on any atom is -0.481 e. The van der Waals surface area contributed by atoms with Crippen LogP contribution in [0, 0.1) is 6.92 Å². The quantitative estimate of drug-likeness (QED) is 0.571. The second-order valence-electron chi connectivity index (χ2n) is 8.47. The molecule has 0 fully saturated rings. The molecule has 0 aromatic carbocycles. The van der Waals surface area contributed by atoms with E-state index in [-0.39, 0.29) is 29.6 Å². The van der Waals surface area contributed by atoms with Crippen molar-refractivity contribution in [1.82, 2.24) is 24.8 Å². The number of fused-ring (bicyclic) bond motifs is 1. The highest BCUT2D eigenvalue weighted by Crippen LogP contribution is 2.32. The SMILES string of the molecule is COc1cc([C@H](C)C(=O)N2CCCCc3cc(-c4ncccn4)c(C)nc3NC2)c(C(F)F)cn1. The van der Waals surface area contributed by atoms with Crippen LogP contribution in [0.25, 0.3) is 11.4 Å². The molecule has 0 bridgehead atoms. The number of nitrogens with one attached hydrogen (secondary N) is 1. The fourth-order valence-electron chi connectivity index (χ4n) is 4.25. The molecule has 0 unspecified atom stereocenters. The second-order valence-corrected chi connectivity index (χ2v) is 8.47. The number of rotatable bonds is 5. The number of pyridine rings is 2. The molecule has 1 aliphatic heterocycles. The van der Waals surface area contributed by atoms with E-state index in [9.17, 15) is 13.6 Å². The number of carbonyl (C=O) groups excluding carboxylic acids is 1. The number of nitrogens with zero attached hydrogens (tertiary/aromatic N) is 5. The summed E-state index contributed by atoms with van der Waals surface area (Å²) in [5, 5.41) is 3.29. The average Bonchev–Trinajstić information content (AvgIpc) is 2.97. The fraction of sp³-hybridized carbons (Fsp3) is 0.400. The predicted molar refractivity (Wildman–Crippen MR) is 127 cm³/mol. The van der Waals surface area contributed by atoms with Crippen molar-refractivity contribution in [3.8, 4) is 17.3 Å². The first-order valence-corrected chi connectivity index (χ1v) is 11.5. The van der Waals surface area contributed by atoms with Crippen LogP contribution in [-0.4, -0.2) is 51.1 Å². The van der Waals surface area contributed by atoms with Gasteiger partial charge in [0.05, 0.1) is 25.4 Å². The second kappa shape index (κ2) is 10.7. The number of aromatic nitrogens is 4. The molecule has 0 saturated heterocycles. The summed E-state index contributed by atoms with van der Waals surface area (Å²) >= 11 is 0. The summed E-state index contributed by atoms with van der Waals surface area (Å²) in [6.07, 6.45) is 4.13. The Morgan fingerprint density at radius 2 is 1.91 bits per heavy atom. The summed E-state index contributed by atoms with van der Waals surface area (Å²) in [6.45, 7) is 4.26. The number of halogens is 2. The fourth-order valence-corrected chi connectivity index (χ4v) is 4.25. The van der Waals surface area contributed by atoms with Crippen LogP contribution < -0.4 is 10.1 Å². The van der Waals surface area contributed by atoms with Crippen LogP contribution in [0.4, 0.5) is 14.6 Å². The van der Waals surface area contributed by atoms with Crippen molar-refractivity contribution in [1.29, 1.82) is 0 Å². The van der Waals surface area contributed by atoms with Crippen LogP contribution in [0.15, 0.2) is 36.8 Å². The normalized spacial score (nSPS) is 14.9. The van der Waals surface area contributed by atoms with Crippen molar-refractivity contribution in [2.45, 2.75) is 45.5 Å². The maximum Gasteiger partial charge on any atom is 0.265 e. The van der Waals surface area contributed by atoms with Gasteiger partial charge in [-0.3, -0.25) is 4.79 Å². The molecule has 3 aromatic heterocycles. The maximum absolute atomic E-state index is 13.6. The Kier molecular flexibility index (Phi) is 7.48. The molecule has 0 aliphatic carbocycles. The molecule has 1 atom stereocenters. The number of alkyl halides is 2. The molecule has 8 nitrogen and oxygen atoms in total. The molecular formula is C25H28F2N6O2. The molecule has 10 heteroatoms. The van der Waals surface area contributed by atoms with Gasteiger partial charge >= 0.3 is 0 Å². The van der Waals surface area contributed by atoms with E-state index < -0.39 is 12.3 Å². The van der Waals surface area contributed by atoms with Gasteiger partial charge in [0.1, 0.15) is 5.82 Å². The van der Waals surface area contributed by atoms with E-state index in [0.717, 1.165) is 42.3 Å². The summed E-state index contributed by atoms with van der Waals surface area (Å²) in [5.74, 6) is 0.479. The summed E-state index contributed by atoms with van der Waals surface area (Å²) in [6, 6.07) is 5.24. The average molecular weight is 483 g/mol. The van der Waals surface area contributed by atoms with Gasteiger partial charge in [0, 0.05) is 42.3 Å². The monoisotopic (exact) mass is 482 g/mol. The standard InChI is InChI=1S/C25H28F2N6O2/c1-15(18-12-21(35-3)30-13-20(18)22(26)27)25(34)33-10-5-4-7-17-11-19(24-28-8-6-9-29-24)16(2)32-23(17)31-14-33/h6,8-9,11-13,15,22H,4-5,7,10,14H2,1-3H3,(H,31,32)/t15-/m0/s1. The first kappa shape index (κ1) is 24.4. The minimum atomic E-state index is -2.74. The van der Waals surface area contributed by atoms with Gasteiger partial charge in [0.15, 0.2) is 5.82 Å². The van der Waals surface area contributed by atoms with Gasteiger partial charge in [-0.1, -0.05) is 0 Å². The number of amides is 1. The van der Waals surface area contributed by atoms with Crippen LogP contribution in [0.1, 0.15) is 54.5 Å². The van der Waals surface area contributed by atoms with Crippen LogP contribution >= 0.6 is 0 Å². The lowest BCUT2D eigenvalue weighted by Gasteiger charge is -2.27. The molecule has 0 saturated carbocycles. The van der Waals surface area contributed by atoms with Gasteiger partial charge in [-0.25, -0.2) is 28.7 Å². The molecule has 1 amide bonds. The van der Waals surface area contributed by atoms with Gasteiger partial charge in [0.2, 0.25) is 11.8 Å². The lowest BCUT2D eigenvalue weighted by atomic mass is 9.96. The Hall–Kier alpha value is -3.69. The van der Waals surface area contributed by atoms with E-state index in [0.29, 0.717) is 18.2 Å². The summed E-state index contributed by atoms with van der Waals surface area (Å²) in [7, 11) is 1.41. The van der Waals surface area contributed by atoms with Gasteiger partial charge < -0.3 is 15.0 Å². The third-order valence-electron chi connectivity index (χ3n) is 6.20. The van der Waals surface area contributed by atoms with Crippen molar-refractivity contribution in [2.75, 3.05) is 25.6 Å². The molecule has 184 valence electrons. The van der Waals surface area contributed by atoms with Gasteiger partial charge in [-0.05, 0) is 56.4 Å². The number of aryl methyl sites for hydroxylation is 2. The number of methoxy groups -OCH3 is 1. The van der Waals surface area contributed by atoms with Crippen LogP contribution in [0.5, 0.6) is 5.88 Å². The lowest BCUT2D eigenvalue weighted by Crippen LogP contribution is -2.39. The van der Waals surface area contributed by atoms with Crippen molar-refractivity contribution >= 4 is 11.7 Å². The van der Waals surface area contributed by atoms with E-state index >= 15 is 0 Å². The van der Waals surface area contributed by atoms with E-state index in [1.165, 1.54) is 13.2 Å². The van der Waals surface area contributed by atoms with Gasteiger partial charge in [-0.2, -0.15) is 0 Å². The van der Waals surface area contributed by atoms with E-state index in [1.807, 2.05) is 6.92 Å². The third kappa shape index (κ3) is 5.36. The molecule has 0 spiro atoms. The van der Waals surface area contributed by atoms with E-state index in [1.54, 1.807) is 30.3 Å². The smallest absolute Gasteiger partial charge is 0.265 e. The van der Waals surface area contributed by atoms with Crippen molar-refractivity contribution in [3.05, 3.63) is 59.2 Å². The largest absolute Gasteiger partial charge is 0.481 e. The number of carbonyl (C=O) groups is 1. The van der Waals surface area contributed by atoms with E-state index in [2.05, 4.69) is 26.3 Å². The topological polar surface area (TPSA) is 93.1 Å². The third-order valence-corrected chi connectivity index (χ3v) is 6.20. The van der Waals surface area contributed by atoms with E-state index in [4.69, 9.17) is 9.72 Å². The summed E-state index contributed by atoms with van der Waals surface area (Å²) < 4.78 is 32.3. The maximum atomic E-state index is 13.6. The number of hydrogen-bond acceptors (Lipinski definition) is 7. The Balaban J connectivity index is 1.57. The number of ether oxygens (including phenoxy) is 1. The highest BCUT2D eigenvalue weighted by atomic mass is 19.3. The van der Waals surface area contributed by atoms with Crippen LogP contribution in [0.3, 0.4) is 0 Å². The summed E-state index contributed by atoms with van der Waals surface area (Å²) in [5.41, 5.74) is 2.64. The van der Waals surface area contributed by atoms with Crippen LogP contribution in [0.2, 0.25) is 0 Å². The zero-order chi connectivity index (χ0) is 24.9. The summed E-state index contributed by atoms with van der Waals surface area (Å²) in [4.78, 5) is 32.4. The van der Waals surface area contributed by atoms with Crippen molar-refractivity contribution in [2.24, 2.45) is 0 Å². The van der Waals surface area contributed by atoms with Crippen LogP contribution in [-0.2, 0) is 11.2 Å². The minimum absolute atomic E-state index is 0.193. The molecular weight excluding hydrogens is 454 g/mol. The Labute approximate surface area is 202 Å². The Morgan fingerprint density at radius 3 is 2.63 bits per heavy atom. The van der Waals surface area contributed by atoms with Gasteiger partial charge in [-0.15, -0.1) is 0 Å². The van der Waals surface area contributed by atoms with Gasteiger partial charge in [0.25, 0.3) is 6.43 Å². The Morgan fingerprint density at radius 1 is 1.14 bits per heavy atom. The molecule has 0 radical (unpaired) electrons. The highest BCUT2D eigenvalue weighted by molar-refractivity contribution is 5.84. The zero-order valence-electron chi connectivity index (χ0n) is 20.0. The first-order chi connectivity index (χ1) is 16.9. The van der Waals surface area contributed by atoms with Crippen molar-refractivity contribution < 1.29 is 18.3 Å². The van der Waals surface area contributed by atoms with Crippen molar-refractivity contribution in [3.63, 3.8) is 0 Å². The zero-order valence-corrected chi connectivity index (χ0v) is 20.0. The molecule has 1 N–H and O–H groups in total. The Bertz CT molecular complexity index is 1190. The molecule has 4 heterocycles. The molecule has 1 aliphatic rings. The molecule has 35 heavy (non-hydrogen) atoms. The number of anilines is 1. The number of hydrogen-bond donors (Lipinski definition) is 1. The predicted octanol–water partition coefficient (Wildman–Crippen LogP) is 4.53. The lowest BCUT2D eigenvalue weighted by molar-refractivity contribution is -0.132. The highest BCUT2D eigenvalue weighted by Gasteiger charge is 2.28. The molecule has 4 rings (SSSR count).